The van der Waals surface area contributed by atoms with Crippen LogP contribution >= 0.6 is 0 Å². The SMILES string of the molecule is COc1ccc(S(=O)(=O)NCCC2CCN(CCNC(=O)Nc3cc(C)nc(C)c3)CC2)cc1OC. The van der Waals surface area contributed by atoms with Crippen molar-refractivity contribution in [1.29, 1.82) is 0 Å². The molecule has 1 aromatic heterocycles. The van der Waals surface area contributed by atoms with Crippen molar-refractivity contribution in [3.8, 4) is 11.5 Å². The molecule has 1 aliphatic rings. The van der Waals surface area contributed by atoms with Crippen LogP contribution < -0.4 is 24.8 Å². The van der Waals surface area contributed by atoms with Crippen LogP contribution in [-0.4, -0.2) is 71.3 Å². The van der Waals surface area contributed by atoms with Crippen LogP contribution in [0.25, 0.3) is 0 Å². The zero-order chi connectivity index (χ0) is 26.1. The minimum Gasteiger partial charge on any atom is -0.493 e. The van der Waals surface area contributed by atoms with Gasteiger partial charge in [-0.05, 0) is 76.4 Å². The van der Waals surface area contributed by atoms with Gasteiger partial charge in [0.15, 0.2) is 11.5 Å². The van der Waals surface area contributed by atoms with Crippen LogP contribution in [0.15, 0.2) is 35.2 Å². The number of hydrogen-bond donors (Lipinski definition) is 3. The number of aryl methyl sites for hydroxylation is 2. The van der Waals surface area contributed by atoms with Crippen LogP contribution in [0.4, 0.5) is 10.5 Å². The van der Waals surface area contributed by atoms with E-state index in [4.69, 9.17) is 9.47 Å². The van der Waals surface area contributed by atoms with Gasteiger partial charge in [-0.3, -0.25) is 4.98 Å². The number of piperidine rings is 1. The van der Waals surface area contributed by atoms with Crippen molar-refractivity contribution in [2.24, 2.45) is 5.92 Å². The first-order valence-electron chi connectivity index (χ1n) is 12.1. The number of ether oxygens (including phenoxy) is 2. The average Bonchev–Trinajstić information content (AvgIpc) is 2.83. The molecule has 0 spiro atoms. The predicted molar refractivity (Wildman–Crippen MR) is 139 cm³/mol. The van der Waals surface area contributed by atoms with Gasteiger partial charge < -0.3 is 25.0 Å². The van der Waals surface area contributed by atoms with Crippen LogP contribution in [0.2, 0.25) is 0 Å². The zero-order valence-electron chi connectivity index (χ0n) is 21.5. The van der Waals surface area contributed by atoms with E-state index in [1.54, 1.807) is 6.07 Å². The number of urea groups is 1. The first-order chi connectivity index (χ1) is 17.2. The third-order valence-electron chi connectivity index (χ3n) is 6.27. The van der Waals surface area contributed by atoms with Crippen LogP contribution in [0, 0.1) is 19.8 Å². The summed E-state index contributed by atoms with van der Waals surface area (Å²) in [4.78, 5) is 19.0. The number of sulfonamides is 1. The lowest BCUT2D eigenvalue weighted by molar-refractivity contribution is 0.180. The number of anilines is 1. The second kappa shape index (κ2) is 12.9. The number of aromatic nitrogens is 1. The van der Waals surface area contributed by atoms with Crippen molar-refractivity contribution < 1.29 is 22.7 Å². The van der Waals surface area contributed by atoms with Crippen molar-refractivity contribution in [3.63, 3.8) is 0 Å². The molecule has 0 saturated carbocycles. The normalized spacial score (nSPS) is 14.9. The topological polar surface area (TPSA) is 122 Å². The number of likely N-dealkylation sites (tertiary alicyclic amines) is 1. The van der Waals surface area contributed by atoms with E-state index in [1.165, 1.54) is 26.4 Å². The largest absolute Gasteiger partial charge is 0.493 e. The maximum Gasteiger partial charge on any atom is 0.319 e. The van der Waals surface area contributed by atoms with Crippen LogP contribution in [0.5, 0.6) is 11.5 Å². The third-order valence-corrected chi connectivity index (χ3v) is 7.73. The summed E-state index contributed by atoms with van der Waals surface area (Å²) in [6.07, 6.45) is 2.78. The molecule has 2 amide bonds. The molecule has 1 fully saturated rings. The van der Waals surface area contributed by atoms with E-state index in [2.05, 4.69) is 25.2 Å². The highest BCUT2D eigenvalue weighted by Crippen LogP contribution is 2.29. The molecule has 10 nitrogen and oxygen atoms in total. The Morgan fingerprint density at radius 3 is 2.33 bits per heavy atom. The Bertz CT molecular complexity index is 1110. The standard InChI is InChI=1S/C25H37N5O5S/c1-18-15-21(16-19(2)28-18)29-25(31)26-11-14-30-12-8-20(9-13-30)7-10-27-36(32,33)22-5-6-23(34-3)24(17-22)35-4/h5-6,15-17,20,27H,7-14H2,1-4H3,(H2,26,28,29,31). The average molecular weight is 520 g/mol. The molecule has 3 rings (SSSR count). The number of hydrogen-bond acceptors (Lipinski definition) is 7. The van der Waals surface area contributed by atoms with Crippen molar-refractivity contribution in [2.75, 3.05) is 52.3 Å². The molecule has 0 bridgehead atoms. The van der Waals surface area contributed by atoms with E-state index in [1.807, 2.05) is 26.0 Å². The molecule has 1 saturated heterocycles. The van der Waals surface area contributed by atoms with Crippen LogP contribution in [0.3, 0.4) is 0 Å². The fourth-order valence-electron chi connectivity index (χ4n) is 4.37. The van der Waals surface area contributed by atoms with Gasteiger partial charge in [-0.1, -0.05) is 0 Å². The Balaban J connectivity index is 1.34. The van der Waals surface area contributed by atoms with E-state index < -0.39 is 10.0 Å². The summed E-state index contributed by atoms with van der Waals surface area (Å²) in [5.41, 5.74) is 2.46. The maximum atomic E-state index is 12.7. The Labute approximate surface area is 213 Å². The van der Waals surface area contributed by atoms with Crippen molar-refractivity contribution in [1.82, 2.24) is 19.9 Å². The molecule has 36 heavy (non-hydrogen) atoms. The molecule has 3 N–H and O–H groups in total. The van der Waals surface area contributed by atoms with E-state index in [0.717, 1.165) is 56.0 Å². The van der Waals surface area contributed by atoms with Gasteiger partial charge in [0.2, 0.25) is 10.0 Å². The molecule has 0 aliphatic carbocycles. The van der Waals surface area contributed by atoms with Crippen molar-refractivity contribution >= 4 is 21.7 Å². The Morgan fingerprint density at radius 2 is 1.69 bits per heavy atom. The molecule has 2 aromatic rings. The van der Waals surface area contributed by atoms with E-state index >= 15 is 0 Å². The molecular weight excluding hydrogens is 482 g/mol. The second-order valence-electron chi connectivity index (χ2n) is 9.01. The van der Waals surface area contributed by atoms with E-state index in [-0.39, 0.29) is 10.9 Å². The molecule has 11 heteroatoms. The molecule has 1 aromatic carbocycles. The minimum absolute atomic E-state index is 0.153. The summed E-state index contributed by atoms with van der Waals surface area (Å²) in [7, 11) is -0.639. The molecule has 0 unspecified atom stereocenters. The minimum atomic E-state index is -3.62. The van der Waals surface area contributed by atoms with Gasteiger partial charge in [0.1, 0.15) is 0 Å². The van der Waals surface area contributed by atoms with Gasteiger partial charge in [0, 0.05) is 42.8 Å². The third kappa shape index (κ3) is 8.07. The van der Waals surface area contributed by atoms with Crippen LogP contribution in [-0.2, 0) is 10.0 Å². The van der Waals surface area contributed by atoms with Crippen molar-refractivity contribution in [3.05, 3.63) is 41.7 Å². The lowest BCUT2D eigenvalue weighted by Gasteiger charge is -2.32. The number of methoxy groups -OCH3 is 2. The fourth-order valence-corrected chi connectivity index (χ4v) is 5.44. The first-order valence-corrected chi connectivity index (χ1v) is 13.6. The predicted octanol–water partition coefficient (Wildman–Crippen LogP) is 2.92. The molecule has 0 atom stereocenters. The zero-order valence-corrected chi connectivity index (χ0v) is 22.3. The first kappa shape index (κ1) is 27.7. The number of benzene rings is 1. The monoisotopic (exact) mass is 519 g/mol. The Hall–Kier alpha value is -2.89. The van der Waals surface area contributed by atoms with Gasteiger partial charge in [-0.15, -0.1) is 0 Å². The summed E-state index contributed by atoms with van der Waals surface area (Å²) in [6, 6.07) is 8.01. The molecule has 198 valence electrons. The fraction of sp³-hybridized carbons (Fsp3) is 0.520. The summed E-state index contributed by atoms with van der Waals surface area (Å²) in [5.74, 6) is 1.32. The number of nitrogens with one attached hydrogen (secondary N) is 3. The number of carbonyl (C=O) groups is 1. The smallest absolute Gasteiger partial charge is 0.319 e. The number of rotatable bonds is 11. The summed E-state index contributed by atoms with van der Waals surface area (Å²) >= 11 is 0. The molecular formula is C25H37N5O5S. The number of pyridine rings is 1. The highest BCUT2D eigenvalue weighted by atomic mass is 32.2. The summed E-state index contributed by atoms with van der Waals surface area (Å²) < 4.78 is 38.4. The number of amides is 2. The number of nitrogens with zero attached hydrogens (tertiary/aromatic N) is 2. The van der Waals surface area contributed by atoms with E-state index in [9.17, 15) is 13.2 Å². The van der Waals surface area contributed by atoms with Gasteiger partial charge in [0.05, 0.1) is 19.1 Å². The Morgan fingerprint density at radius 1 is 1.03 bits per heavy atom. The van der Waals surface area contributed by atoms with Gasteiger partial charge >= 0.3 is 6.03 Å². The summed E-state index contributed by atoms with van der Waals surface area (Å²) in [6.45, 7) is 7.38. The van der Waals surface area contributed by atoms with Gasteiger partial charge in [0.25, 0.3) is 0 Å². The van der Waals surface area contributed by atoms with Crippen molar-refractivity contribution in [2.45, 2.75) is 38.0 Å². The van der Waals surface area contributed by atoms with Crippen LogP contribution in [0.1, 0.15) is 30.7 Å². The Kier molecular flexibility index (Phi) is 9.91. The maximum absolute atomic E-state index is 12.7. The highest BCUT2D eigenvalue weighted by molar-refractivity contribution is 7.89. The lowest BCUT2D eigenvalue weighted by atomic mass is 9.94. The quantitative estimate of drug-likeness (QED) is 0.417. The summed E-state index contributed by atoms with van der Waals surface area (Å²) in [5, 5.41) is 5.75. The number of carbonyl (C=O) groups excluding carboxylic acids is 1. The molecule has 1 aliphatic heterocycles. The van der Waals surface area contributed by atoms with Gasteiger partial charge in [-0.2, -0.15) is 0 Å². The molecule has 0 radical (unpaired) electrons. The molecule has 2 heterocycles. The second-order valence-corrected chi connectivity index (χ2v) is 10.8. The lowest BCUT2D eigenvalue weighted by Crippen LogP contribution is -2.41. The highest BCUT2D eigenvalue weighted by Gasteiger charge is 2.21. The van der Waals surface area contributed by atoms with E-state index in [0.29, 0.717) is 30.5 Å². The van der Waals surface area contributed by atoms with Gasteiger partial charge in [-0.25, -0.2) is 17.9 Å².